The number of aryl methyl sites for hydroxylation is 1. The third-order valence-corrected chi connectivity index (χ3v) is 4.55. The summed E-state index contributed by atoms with van der Waals surface area (Å²) in [5.74, 6) is 0.157. The van der Waals surface area contributed by atoms with Gasteiger partial charge in [0.25, 0.3) is 5.91 Å². The van der Waals surface area contributed by atoms with E-state index in [-0.39, 0.29) is 17.7 Å². The van der Waals surface area contributed by atoms with E-state index >= 15 is 0 Å². The van der Waals surface area contributed by atoms with Crippen LogP contribution in [0.5, 0.6) is 0 Å². The summed E-state index contributed by atoms with van der Waals surface area (Å²) in [7, 11) is 3.53. The third kappa shape index (κ3) is 2.92. The highest BCUT2D eigenvalue weighted by molar-refractivity contribution is 7.17. The van der Waals surface area contributed by atoms with E-state index in [0.29, 0.717) is 28.8 Å². The highest BCUT2D eigenvalue weighted by Crippen LogP contribution is 2.25. The van der Waals surface area contributed by atoms with Crippen molar-refractivity contribution in [3.8, 4) is 0 Å². The summed E-state index contributed by atoms with van der Waals surface area (Å²) >= 11 is 1.23. The van der Waals surface area contributed by atoms with Gasteiger partial charge in [0, 0.05) is 33.1 Å². The maximum Gasteiger partial charge on any atom is 0.265 e. The maximum atomic E-state index is 12.4. The number of nitrogens with zero attached hydrogens (tertiary/aromatic N) is 3. The molecule has 1 aromatic heterocycles. The molecule has 1 aliphatic heterocycles. The van der Waals surface area contributed by atoms with Crippen molar-refractivity contribution < 1.29 is 9.59 Å². The van der Waals surface area contributed by atoms with Crippen molar-refractivity contribution >= 4 is 28.3 Å². The maximum absolute atomic E-state index is 12.4. The van der Waals surface area contributed by atoms with E-state index in [1.165, 1.54) is 11.3 Å². The molecule has 20 heavy (non-hydrogen) atoms. The van der Waals surface area contributed by atoms with E-state index in [1.807, 2.05) is 0 Å². The number of carbonyl (C=O) groups is 2. The Bertz CT molecular complexity index is 518. The number of likely N-dealkylation sites (tertiary alicyclic amines) is 1. The standard InChI is InChI=1S/C13H20N4O2S/c1-8-10(20-13(14)15-8)12(19)17-6-4-9(5-7-17)11(18)16(2)3/h9H,4-7H2,1-3H3,(H2,14,15). The molecule has 1 saturated heterocycles. The Hall–Kier alpha value is -1.63. The van der Waals surface area contributed by atoms with Crippen molar-refractivity contribution in [3.63, 3.8) is 0 Å². The molecule has 0 saturated carbocycles. The summed E-state index contributed by atoms with van der Waals surface area (Å²) in [4.78, 5) is 32.4. The van der Waals surface area contributed by atoms with E-state index in [1.54, 1.807) is 30.8 Å². The summed E-state index contributed by atoms with van der Waals surface area (Å²) in [5.41, 5.74) is 6.31. The van der Waals surface area contributed by atoms with Gasteiger partial charge >= 0.3 is 0 Å². The van der Waals surface area contributed by atoms with Gasteiger partial charge in [-0.1, -0.05) is 11.3 Å². The minimum Gasteiger partial charge on any atom is -0.375 e. The zero-order valence-electron chi connectivity index (χ0n) is 12.0. The normalized spacial score (nSPS) is 16.2. The Morgan fingerprint density at radius 2 is 1.95 bits per heavy atom. The Morgan fingerprint density at radius 3 is 2.40 bits per heavy atom. The SMILES string of the molecule is Cc1nc(N)sc1C(=O)N1CCC(C(=O)N(C)C)CC1. The van der Waals surface area contributed by atoms with Crippen LogP contribution in [0, 0.1) is 12.8 Å². The smallest absolute Gasteiger partial charge is 0.265 e. The quantitative estimate of drug-likeness (QED) is 0.882. The molecule has 6 nitrogen and oxygen atoms in total. The van der Waals surface area contributed by atoms with Crippen LogP contribution in [0.2, 0.25) is 0 Å². The van der Waals surface area contributed by atoms with Gasteiger partial charge in [-0.15, -0.1) is 0 Å². The Labute approximate surface area is 122 Å². The second-order valence-corrected chi connectivity index (χ2v) is 6.30. The molecule has 0 radical (unpaired) electrons. The lowest BCUT2D eigenvalue weighted by Crippen LogP contribution is -2.42. The topological polar surface area (TPSA) is 79.5 Å². The first-order valence-electron chi connectivity index (χ1n) is 6.63. The van der Waals surface area contributed by atoms with Gasteiger partial charge in [-0.2, -0.15) is 0 Å². The van der Waals surface area contributed by atoms with Crippen LogP contribution in [-0.2, 0) is 4.79 Å². The highest BCUT2D eigenvalue weighted by atomic mass is 32.1. The van der Waals surface area contributed by atoms with Crippen LogP contribution in [0.1, 0.15) is 28.2 Å². The molecule has 0 atom stereocenters. The van der Waals surface area contributed by atoms with Crippen molar-refractivity contribution in [2.45, 2.75) is 19.8 Å². The third-order valence-electron chi connectivity index (χ3n) is 3.58. The number of hydrogen-bond acceptors (Lipinski definition) is 5. The van der Waals surface area contributed by atoms with E-state index in [0.717, 1.165) is 12.8 Å². The van der Waals surface area contributed by atoms with Crippen LogP contribution < -0.4 is 5.73 Å². The van der Waals surface area contributed by atoms with Gasteiger partial charge < -0.3 is 15.5 Å². The minimum atomic E-state index is -0.0209. The predicted molar refractivity (Wildman–Crippen MR) is 78.6 cm³/mol. The van der Waals surface area contributed by atoms with E-state index in [9.17, 15) is 9.59 Å². The first-order chi connectivity index (χ1) is 9.40. The lowest BCUT2D eigenvalue weighted by Gasteiger charge is -2.32. The van der Waals surface area contributed by atoms with Crippen LogP contribution in [0.4, 0.5) is 5.13 Å². The Morgan fingerprint density at radius 1 is 1.35 bits per heavy atom. The molecular weight excluding hydrogens is 276 g/mol. The van der Waals surface area contributed by atoms with Gasteiger partial charge in [0.15, 0.2) is 5.13 Å². The summed E-state index contributed by atoms with van der Waals surface area (Å²) < 4.78 is 0. The highest BCUT2D eigenvalue weighted by Gasteiger charge is 2.29. The molecule has 0 aliphatic carbocycles. The number of nitrogens with two attached hydrogens (primary N) is 1. The molecule has 1 aromatic rings. The van der Waals surface area contributed by atoms with E-state index in [4.69, 9.17) is 5.73 Å². The predicted octanol–water partition coefficient (Wildman–Crippen LogP) is 0.974. The van der Waals surface area contributed by atoms with Crippen LogP contribution in [0.25, 0.3) is 0 Å². The fourth-order valence-corrected chi connectivity index (χ4v) is 3.26. The van der Waals surface area contributed by atoms with Crippen molar-refractivity contribution in [2.75, 3.05) is 32.9 Å². The first-order valence-corrected chi connectivity index (χ1v) is 7.45. The molecule has 2 N–H and O–H groups in total. The zero-order valence-corrected chi connectivity index (χ0v) is 12.9. The fourth-order valence-electron chi connectivity index (χ4n) is 2.45. The van der Waals surface area contributed by atoms with Gasteiger partial charge in [0.2, 0.25) is 5.91 Å². The molecule has 0 unspecified atom stereocenters. The summed E-state index contributed by atoms with van der Waals surface area (Å²) in [6.07, 6.45) is 1.44. The number of piperidine rings is 1. The second-order valence-electron chi connectivity index (χ2n) is 5.27. The van der Waals surface area contributed by atoms with Crippen LogP contribution in [-0.4, -0.2) is 53.8 Å². The second kappa shape index (κ2) is 5.78. The molecule has 0 aromatic carbocycles. The number of hydrogen-bond donors (Lipinski definition) is 1. The zero-order chi connectivity index (χ0) is 14.9. The number of rotatable bonds is 2. The monoisotopic (exact) mass is 296 g/mol. The van der Waals surface area contributed by atoms with Crippen LogP contribution >= 0.6 is 11.3 Å². The lowest BCUT2D eigenvalue weighted by atomic mass is 9.95. The summed E-state index contributed by atoms with van der Waals surface area (Å²) in [5, 5.41) is 0.420. The molecule has 110 valence electrons. The molecule has 1 aliphatic rings. The average Bonchev–Trinajstić information content (AvgIpc) is 2.76. The fraction of sp³-hybridized carbons (Fsp3) is 0.615. The van der Waals surface area contributed by atoms with E-state index < -0.39 is 0 Å². The largest absolute Gasteiger partial charge is 0.375 e. The summed E-state index contributed by atoms with van der Waals surface area (Å²) in [6.45, 7) is 3.02. The van der Waals surface area contributed by atoms with Crippen molar-refractivity contribution in [2.24, 2.45) is 5.92 Å². The Kier molecular flexibility index (Phi) is 4.27. The van der Waals surface area contributed by atoms with Crippen molar-refractivity contribution in [1.82, 2.24) is 14.8 Å². The molecule has 2 heterocycles. The van der Waals surface area contributed by atoms with Gasteiger partial charge in [0.1, 0.15) is 4.88 Å². The molecule has 2 amide bonds. The van der Waals surface area contributed by atoms with Crippen molar-refractivity contribution in [1.29, 1.82) is 0 Å². The van der Waals surface area contributed by atoms with Gasteiger partial charge in [-0.3, -0.25) is 9.59 Å². The molecular formula is C13H20N4O2S. The van der Waals surface area contributed by atoms with Crippen LogP contribution in [0.15, 0.2) is 0 Å². The molecule has 0 spiro atoms. The number of aromatic nitrogens is 1. The number of carbonyl (C=O) groups excluding carboxylic acids is 2. The molecule has 7 heteroatoms. The van der Waals surface area contributed by atoms with Gasteiger partial charge in [-0.05, 0) is 19.8 Å². The molecule has 0 bridgehead atoms. The average molecular weight is 296 g/mol. The first kappa shape index (κ1) is 14.8. The van der Waals surface area contributed by atoms with Gasteiger partial charge in [-0.25, -0.2) is 4.98 Å². The molecule has 2 rings (SSSR count). The number of nitrogen functional groups attached to an aromatic ring is 1. The minimum absolute atomic E-state index is 0.0209. The summed E-state index contributed by atoms with van der Waals surface area (Å²) in [6, 6.07) is 0. The van der Waals surface area contributed by atoms with E-state index in [2.05, 4.69) is 4.98 Å². The number of anilines is 1. The number of thiazole rings is 1. The Balaban J connectivity index is 1.99. The van der Waals surface area contributed by atoms with Gasteiger partial charge in [0.05, 0.1) is 5.69 Å². The van der Waals surface area contributed by atoms with Crippen LogP contribution in [0.3, 0.4) is 0 Å². The number of amides is 2. The van der Waals surface area contributed by atoms with Crippen molar-refractivity contribution in [3.05, 3.63) is 10.6 Å². The lowest BCUT2D eigenvalue weighted by molar-refractivity contribution is -0.134. The molecule has 1 fully saturated rings.